The first-order chi connectivity index (χ1) is 7.66. The van der Waals surface area contributed by atoms with Gasteiger partial charge in [-0.05, 0) is 18.6 Å². The number of H-pyrrole nitrogens is 1. The van der Waals surface area contributed by atoms with Gasteiger partial charge in [0.15, 0.2) is 0 Å². The number of benzene rings is 1. The Bertz CT molecular complexity index is 522. The number of carboxylic acid groups (broad SMARTS) is 1. The van der Waals surface area contributed by atoms with Crippen LogP contribution in [-0.4, -0.2) is 26.8 Å². The minimum Gasteiger partial charge on any atom is -0.481 e. The van der Waals surface area contributed by atoms with Gasteiger partial charge in [0, 0.05) is 0 Å². The zero-order chi connectivity index (χ0) is 11.5. The Hall–Kier alpha value is -1.49. The van der Waals surface area contributed by atoms with Crippen LogP contribution in [0.25, 0.3) is 11.0 Å². The van der Waals surface area contributed by atoms with Gasteiger partial charge in [-0.15, -0.1) is 11.8 Å². The normalized spacial score (nSPS) is 10.8. The van der Waals surface area contributed by atoms with Gasteiger partial charge in [0.05, 0.1) is 22.5 Å². The van der Waals surface area contributed by atoms with Crippen molar-refractivity contribution >= 4 is 28.8 Å². The Balaban J connectivity index is 2.14. The number of carbonyl (C=O) groups is 1. The Kier molecular flexibility index (Phi) is 3.14. The molecule has 0 fully saturated rings. The second-order valence-corrected chi connectivity index (χ2v) is 4.53. The van der Waals surface area contributed by atoms with E-state index in [1.807, 2.05) is 25.1 Å². The van der Waals surface area contributed by atoms with Crippen molar-refractivity contribution in [2.24, 2.45) is 0 Å². The number of aliphatic carboxylic acids is 1. The minimum absolute atomic E-state index is 0.107. The number of imidazole rings is 1. The van der Waals surface area contributed by atoms with Crippen molar-refractivity contribution in [3.8, 4) is 0 Å². The summed E-state index contributed by atoms with van der Waals surface area (Å²) < 4.78 is 0. The molecular formula is C11H12N2O2S. The lowest BCUT2D eigenvalue weighted by Crippen LogP contribution is -1.98. The second-order valence-electron chi connectivity index (χ2n) is 3.54. The number of hydrogen-bond donors (Lipinski definition) is 2. The van der Waals surface area contributed by atoms with Crippen molar-refractivity contribution < 1.29 is 9.90 Å². The molecule has 0 aliphatic heterocycles. The predicted octanol–water partition coefficient (Wildman–Crippen LogP) is 2.19. The number of aromatic amines is 1. The topological polar surface area (TPSA) is 66.0 Å². The molecule has 0 spiro atoms. The van der Waals surface area contributed by atoms with E-state index in [4.69, 9.17) is 5.11 Å². The summed E-state index contributed by atoms with van der Waals surface area (Å²) in [6.07, 6.45) is 0. The van der Waals surface area contributed by atoms with Crippen LogP contribution < -0.4 is 0 Å². The Morgan fingerprint density at radius 2 is 2.38 bits per heavy atom. The number of rotatable bonds is 4. The van der Waals surface area contributed by atoms with Gasteiger partial charge in [-0.25, -0.2) is 4.98 Å². The lowest BCUT2D eigenvalue weighted by atomic mass is 10.2. The highest BCUT2D eigenvalue weighted by Gasteiger charge is 2.05. The number of fused-ring (bicyclic) bond motifs is 1. The van der Waals surface area contributed by atoms with Crippen molar-refractivity contribution in [2.45, 2.75) is 12.7 Å². The molecule has 0 aliphatic rings. The van der Waals surface area contributed by atoms with Crippen molar-refractivity contribution in [3.63, 3.8) is 0 Å². The maximum absolute atomic E-state index is 10.4. The van der Waals surface area contributed by atoms with Crippen molar-refractivity contribution in [1.29, 1.82) is 0 Å². The third-order valence-corrected chi connectivity index (χ3v) is 3.16. The van der Waals surface area contributed by atoms with E-state index in [9.17, 15) is 4.79 Å². The van der Waals surface area contributed by atoms with Gasteiger partial charge >= 0.3 is 5.97 Å². The van der Waals surface area contributed by atoms with E-state index in [0.29, 0.717) is 5.75 Å². The molecule has 0 amide bonds. The van der Waals surface area contributed by atoms with Gasteiger partial charge < -0.3 is 10.1 Å². The fraction of sp³-hybridized carbons (Fsp3) is 0.273. The summed E-state index contributed by atoms with van der Waals surface area (Å²) in [5, 5.41) is 8.52. The van der Waals surface area contributed by atoms with E-state index in [0.717, 1.165) is 22.4 Å². The van der Waals surface area contributed by atoms with Gasteiger partial charge in [0.1, 0.15) is 5.82 Å². The largest absolute Gasteiger partial charge is 0.481 e. The molecule has 2 N–H and O–H groups in total. The van der Waals surface area contributed by atoms with E-state index < -0.39 is 5.97 Å². The molecule has 2 rings (SSSR count). The van der Waals surface area contributed by atoms with Crippen LogP contribution in [0.5, 0.6) is 0 Å². The molecule has 0 atom stereocenters. The third kappa shape index (κ3) is 2.36. The molecule has 1 aromatic heterocycles. The second kappa shape index (κ2) is 4.57. The van der Waals surface area contributed by atoms with E-state index in [2.05, 4.69) is 9.97 Å². The van der Waals surface area contributed by atoms with E-state index in [1.165, 1.54) is 11.8 Å². The number of aryl methyl sites for hydroxylation is 1. The summed E-state index contributed by atoms with van der Waals surface area (Å²) in [6, 6.07) is 5.96. The maximum Gasteiger partial charge on any atom is 0.313 e. The summed E-state index contributed by atoms with van der Waals surface area (Å²) in [5.41, 5.74) is 3.10. The molecule has 1 heterocycles. The number of aromatic nitrogens is 2. The zero-order valence-corrected chi connectivity index (χ0v) is 9.67. The highest BCUT2D eigenvalue weighted by Crippen LogP contribution is 2.18. The molecular weight excluding hydrogens is 224 g/mol. The highest BCUT2D eigenvalue weighted by molar-refractivity contribution is 7.99. The average Bonchev–Trinajstić information content (AvgIpc) is 2.61. The molecule has 4 nitrogen and oxygen atoms in total. The van der Waals surface area contributed by atoms with Gasteiger partial charge in [0.2, 0.25) is 0 Å². The number of thioether (sulfide) groups is 1. The van der Waals surface area contributed by atoms with Crippen molar-refractivity contribution in [2.75, 3.05) is 5.75 Å². The Morgan fingerprint density at radius 1 is 1.56 bits per heavy atom. The van der Waals surface area contributed by atoms with Gasteiger partial charge in [-0.3, -0.25) is 4.79 Å². The van der Waals surface area contributed by atoms with Crippen molar-refractivity contribution in [1.82, 2.24) is 9.97 Å². The SMILES string of the molecule is Cc1cccc2[nH]c(CSCC(=O)O)nc12. The van der Waals surface area contributed by atoms with Crippen LogP contribution >= 0.6 is 11.8 Å². The maximum atomic E-state index is 10.4. The van der Waals surface area contributed by atoms with Gasteiger partial charge in [0.25, 0.3) is 0 Å². The molecule has 0 bridgehead atoms. The summed E-state index contributed by atoms with van der Waals surface area (Å²) in [5.74, 6) is 0.740. The molecule has 0 radical (unpaired) electrons. The summed E-state index contributed by atoms with van der Waals surface area (Å²) in [7, 11) is 0. The minimum atomic E-state index is -0.794. The molecule has 0 saturated carbocycles. The van der Waals surface area contributed by atoms with Crippen LogP contribution in [0.3, 0.4) is 0 Å². The highest BCUT2D eigenvalue weighted by atomic mass is 32.2. The molecule has 16 heavy (non-hydrogen) atoms. The molecule has 1 aromatic carbocycles. The summed E-state index contributed by atoms with van der Waals surface area (Å²) in [4.78, 5) is 18.0. The first kappa shape index (κ1) is 11.0. The first-order valence-corrected chi connectivity index (χ1v) is 6.06. The van der Waals surface area contributed by atoms with E-state index >= 15 is 0 Å². The lowest BCUT2D eigenvalue weighted by Gasteiger charge is -1.93. The fourth-order valence-electron chi connectivity index (χ4n) is 1.53. The van der Waals surface area contributed by atoms with Crippen LogP contribution in [0.15, 0.2) is 18.2 Å². The van der Waals surface area contributed by atoms with Crippen LogP contribution in [0, 0.1) is 6.92 Å². The molecule has 0 aliphatic carbocycles. The summed E-state index contributed by atoms with van der Waals surface area (Å²) >= 11 is 1.34. The smallest absolute Gasteiger partial charge is 0.313 e. The molecule has 0 saturated heterocycles. The fourth-order valence-corrected chi connectivity index (χ4v) is 2.14. The number of nitrogens with one attached hydrogen (secondary N) is 1. The number of nitrogens with zero attached hydrogens (tertiary/aromatic N) is 1. The van der Waals surface area contributed by atoms with Gasteiger partial charge in [-0.2, -0.15) is 0 Å². The third-order valence-electron chi connectivity index (χ3n) is 2.23. The van der Waals surface area contributed by atoms with E-state index in [1.54, 1.807) is 0 Å². The molecule has 2 aromatic rings. The lowest BCUT2D eigenvalue weighted by molar-refractivity contribution is -0.133. The van der Waals surface area contributed by atoms with Crippen LogP contribution in [0.2, 0.25) is 0 Å². The van der Waals surface area contributed by atoms with Crippen LogP contribution in [0.4, 0.5) is 0 Å². The van der Waals surface area contributed by atoms with Gasteiger partial charge in [-0.1, -0.05) is 12.1 Å². The Labute approximate surface area is 97.1 Å². The van der Waals surface area contributed by atoms with Crippen molar-refractivity contribution in [3.05, 3.63) is 29.6 Å². The zero-order valence-electron chi connectivity index (χ0n) is 8.86. The quantitative estimate of drug-likeness (QED) is 0.854. The standard InChI is InChI=1S/C11H12N2O2S/c1-7-3-2-4-8-11(7)13-9(12-8)5-16-6-10(14)15/h2-4H,5-6H2,1H3,(H,12,13)(H,14,15). The molecule has 0 unspecified atom stereocenters. The van der Waals surface area contributed by atoms with E-state index in [-0.39, 0.29) is 5.75 Å². The monoisotopic (exact) mass is 236 g/mol. The number of carboxylic acids is 1. The Morgan fingerprint density at radius 3 is 3.06 bits per heavy atom. The van der Waals surface area contributed by atoms with Crippen LogP contribution in [0.1, 0.15) is 11.4 Å². The average molecular weight is 236 g/mol. The van der Waals surface area contributed by atoms with Crippen LogP contribution in [-0.2, 0) is 10.5 Å². The molecule has 84 valence electrons. The first-order valence-electron chi connectivity index (χ1n) is 4.90. The summed E-state index contributed by atoms with van der Waals surface area (Å²) in [6.45, 7) is 2.01. The number of para-hydroxylation sites is 1. The predicted molar refractivity (Wildman–Crippen MR) is 64.6 cm³/mol. The number of hydrogen-bond acceptors (Lipinski definition) is 3. The molecule has 5 heteroatoms.